The summed E-state index contributed by atoms with van der Waals surface area (Å²) >= 11 is 0. The molecule has 0 radical (unpaired) electrons. The predicted molar refractivity (Wildman–Crippen MR) is 92.1 cm³/mol. The van der Waals surface area contributed by atoms with Crippen LogP contribution in [0.4, 0.5) is 20.7 Å². The van der Waals surface area contributed by atoms with Crippen LogP contribution in [-0.2, 0) is 0 Å². The molecule has 0 saturated carbocycles. The highest BCUT2D eigenvalue weighted by atomic mass is 19.1. The molecule has 0 unspecified atom stereocenters. The predicted octanol–water partition coefficient (Wildman–Crippen LogP) is 3.08. The molecule has 8 heteroatoms. The SMILES string of the molecule is CC(C)(C)CN(NC(=O)Nc1cccc(F)c1)c1ccnc(C#N)n1. The summed E-state index contributed by atoms with van der Waals surface area (Å²) in [6.45, 7) is 6.43. The Labute approximate surface area is 145 Å². The molecule has 2 rings (SSSR count). The molecule has 0 fully saturated rings. The van der Waals surface area contributed by atoms with Crippen LogP contribution in [0.25, 0.3) is 0 Å². The number of hydrogen-bond acceptors (Lipinski definition) is 5. The summed E-state index contributed by atoms with van der Waals surface area (Å²) < 4.78 is 13.2. The molecule has 1 heterocycles. The van der Waals surface area contributed by atoms with E-state index in [1.165, 1.54) is 29.4 Å². The fraction of sp³-hybridized carbons (Fsp3) is 0.294. The number of nitriles is 1. The maximum atomic E-state index is 13.2. The smallest absolute Gasteiger partial charge is 0.306 e. The van der Waals surface area contributed by atoms with Gasteiger partial charge in [-0.3, -0.25) is 5.01 Å². The highest BCUT2D eigenvalue weighted by Gasteiger charge is 2.20. The quantitative estimate of drug-likeness (QED) is 0.833. The Balaban J connectivity index is 2.18. The van der Waals surface area contributed by atoms with E-state index in [2.05, 4.69) is 20.7 Å². The maximum Gasteiger partial charge on any atom is 0.338 e. The van der Waals surface area contributed by atoms with Crippen molar-refractivity contribution >= 4 is 17.5 Å². The molecule has 0 aliphatic heterocycles. The van der Waals surface area contributed by atoms with Crippen LogP contribution in [0.5, 0.6) is 0 Å². The zero-order chi connectivity index (χ0) is 18.4. The van der Waals surface area contributed by atoms with E-state index in [4.69, 9.17) is 5.26 Å². The van der Waals surface area contributed by atoms with Crippen molar-refractivity contribution in [3.63, 3.8) is 0 Å². The molecule has 2 N–H and O–H groups in total. The van der Waals surface area contributed by atoms with E-state index >= 15 is 0 Å². The molecule has 0 bridgehead atoms. The van der Waals surface area contributed by atoms with E-state index in [-0.39, 0.29) is 11.2 Å². The Hall–Kier alpha value is -3.21. The number of hydrogen-bond donors (Lipinski definition) is 2. The Kier molecular flexibility index (Phi) is 5.49. The Morgan fingerprint density at radius 3 is 2.76 bits per heavy atom. The van der Waals surface area contributed by atoms with E-state index in [0.717, 1.165) is 0 Å². The Bertz CT molecular complexity index is 796. The highest BCUT2D eigenvalue weighted by Crippen LogP contribution is 2.18. The van der Waals surface area contributed by atoms with Crippen LogP contribution in [0.15, 0.2) is 36.5 Å². The summed E-state index contributed by atoms with van der Waals surface area (Å²) in [5, 5.41) is 13.0. The number of hydrazine groups is 1. The molecule has 0 atom stereocenters. The summed E-state index contributed by atoms with van der Waals surface area (Å²) in [6.07, 6.45) is 1.45. The molecule has 1 aromatic heterocycles. The van der Waals surface area contributed by atoms with Gasteiger partial charge in [0.15, 0.2) is 5.82 Å². The second kappa shape index (κ2) is 7.57. The first-order valence-corrected chi connectivity index (χ1v) is 7.61. The number of amides is 2. The molecule has 0 spiro atoms. The summed E-state index contributed by atoms with van der Waals surface area (Å²) in [6, 6.07) is 8.49. The second-order valence-corrected chi connectivity index (χ2v) is 6.57. The molecule has 0 saturated heterocycles. The van der Waals surface area contributed by atoms with Gasteiger partial charge in [0.25, 0.3) is 0 Å². The zero-order valence-corrected chi connectivity index (χ0v) is 14.2. The lowest BCUT2D eigenvalue weighted by molar-refractivity contribution is 0.249. The van der Waals surface area contributed by atoms with E-state index < -0.39 is 11.8 Å². The number of nitrogens with zero attached hydrogens (tertiary/aromatic N) is 4. The van der Waals surface area contributed by atoms with E-state index in [1.807, 2.05) is 26.8 Å². The Morgan fingerprint density at radius 2 is 2.12 bits per heavy atom. The topological polar surface area (TPSA) is 93.9 Å². The largest absolute Gasteiger partial charge is 0.338 e. The van der Waals surface area contributed by atoms with Gasteiger partial charge in [0, 0.05) is 24.5 Å². The standard InChI is InChI=1S/C17H19FN6O/c1-17(2,3)11-24(15-7-8-20-14(10-19)22-15)23-16(25)21-13-6-4-5-12(18)9-13/h4-9H,11H2,1-3H3,(H2,21,23,25). The molecule has 1 aromatic carbocycles. The van der Waals surface area contributed by atoms with Crippen LogP contribution < -0.4 is 15.8 Å². The van der Waals surface area contributed by atoms with E-state index in [9.17, 15) is 9.18 Å². The number of nitrogens with one attached hydrogen (secondary N) is 2. The number of carbonyl (C=O) groups excluding carboxylic acids is 1. The minimum absolute atomic E-state index is 0.00347. The summed E-state index contributed by atoms with van der Waals surface area (Å²) in [7, 11) is 0. The summed E-state index contributed by atoms with van der Waals surface area (Å²) in [5.41, 5.74) is 2.83. The van der Waals surface area contributed by atoms with Crippen LogP contribution in [0.2, 0.25) is 0 Å². The highest BCUT2D eigenvalue weighted by molar-refractivity contribution is 5.90. The lowest BCUT2D eigenvalue weighted by Crippen LogP contribution is -2.48. The van der Waals surface area contributed by atoms with Crippen molar-refractivity contribution < 1.29 is 9.18 Å². The zero-order valence-electron chi connectivity index (χ0n) is 14.2. The van der Waals surface area contributed by atoms with Crippen molar-refractivity contribution in [3.8, 4) is 6.07 Å². The van der Waals surface area contributed by atoms with Crippen molar-refractivity contribution in [1.82, 2.24) is 15.4 Å². The van der Waals surface area contributed by atoms with Gasteiger partial charge in [0.05, 0.1) is 0 Å². The first-order chi connectivity index (χ1) is 11.8. The molecular weight excluding hydrogens is 323 g/mol. The first kappa shape index (κ1) is 18.1. The average Bonchev–Trinajstić information content (AvgIpc) is 2.53. The van der Waals surface area contributed by atoms with Gasteiger partial charge in [-0.05, 0) is 23.6 Å². The normalized spacial score (nSPS) is 10.7. The van der Waals surface area contributed by atoms with E-state index in [1.54, 1.807) is 12.1 Å². The van der Waals surface area contributed by atoms with Crippen molar-refractivity contribution in [2.75, 3.05) is 16.9 Å². The minimum atomic E-state index is -0.549. The van der Waals surface area contributed by atoms with Crippen LogP contribution in [0.3, 0.4) is 0 Å². The fourth-order valence-electron chi connectivity index (χ4n) is 2.05. The number of carbonyl (C=O) groups is 1. The lowest BCUT2D eigenvalue weighted by Gasteiger charge is -2.30. The fourth-order valence-corrected chi connectivity index (χ4v) is 2.05. The number of benzene rings is 1. The molecule has 2 aromatic rings. The number of aromatic nitrogens is 2. The van der Waals surface area contributed by atoms with Crippen molar-refractivity contribution in [1.29, 1.82) is 5.26 Å². The lowest BCUT2D eigenvalue weighted by atomic mass is 9.97. The molecule has 7 nitrogen and oxygen atoms in total. The second-order valence-electron chi connectivity index (χ2n) is 6.57. The van der Waals surface area contributed by atoms with Gasteiger partial charge in [0.2, 0.25) is 5.82 Å². The van der Waals surface area contributed by atoms with Gasteiger partial charge < -0.3 is 5.32 Å². The van der Waals surface area contributed by atoms with Gasteiger partial charge in [-0.1, -0.05) is 26.8 Å². The van der Waals surface area contributed by atoms with Gasteiger partial charge in [-0.2, -0.15) is 10.2 Å². The van der Waals surface area contributed by atoms with Crippen molar-refractivity contribution in [2.24, 2.45) is 5.41 Å². The maximum absolute atomic E-state index is 13.2. The van der Waals surface area contributed by atoms with Crippen LogP contribution in [0.1, 0.15) is 26.6 Å². The van der Waals surface area contributed by atoms with Gasteiger partial charge >= 0.3 is 6.03 Å². The summed E-state index contributed by atoms with van der Waals surface area (Å²) in [4.78, 5) is 20.2. The number of halogens is 1. The van der Waals surface area contributed by atoms with E-state index in [0.29, 0.717) is 18.1 Å². The minimum Gasteiger partial charge on any atom is -0.306 e. The Morgan fingerprint density at radius 1 is 1.36 bits per heavy atom. The molecule has 130 valence electrons. The number of rotatable bonds is 4. The summed E-state index contributed by atoms with van der Waals surface area (Å²) in [5.74, 6) is -0.0570. The van der Waals surface area contributed by atoms with Gasteiger partial charge in [-0.25, -0.2) is 19.6 Å². The van der Waals surface area contributed by atoms with Crippen LogP contribution in [-0.4, -0.2) is 22.5 Å². The number of urea groups is 1. The monoisotopic (exact) mass is 342 g/mol. The third-order valence-corrected chi connectivity index (χ3v) is 2.97. The third kappa shape index (κ3) is 5.73. The molecule has 0 aliphatic carbocycles. The average molecular weight is 342 g/mol. The number of anilines is 2. The van der Waals surface area contributed by atoms with Crippen LogP contribution in [0, 0.1) is 22.6 Å². The van der Waals surface area contributed by atoms with Crippen molar-refractivity contribution in [3.05, 3.63) is 48.2 Å². The van der Waals surface area contributed by atoms with Gasteiger partial charge in [-0.15, -0.1) is 0 Å². The molecule has 25 heavy (non-hydrogen) atoms. The van der Waals surface area contributed by atoms with Crippen LogP contribution >= 0.6 is 0 Å². The van der Waals surface area contributed by atoms with Crippen molar-refractivity contribution in [2.45, 2.75) is 20.8 Å². The molecule has 2 amide bonds. The molecule has 0 aliphatic rings. The molecular formula is C17H19FN6O. The third-order valence-electron chi connectivity index (χ3n) is 2.97. The first-order valence-electron chi connectivity index (χ1n) is 7.61. The van der Waals surface area contributed by atoms with Gasteiger partial charge in [0.1, 0.15) is 11.9 Å².